The Balaban J connectivity index is 2.50. The molecule has 0 aliphatic carbocycles. The van der Waals surface area contributed by atoms with Crippen molar-refractivity contribution in [3.8, 4) is 0 Å². The second-order valence-corrected chi connectivity index (χ2v) is 26.4. The number of ether oxygens (including phenoxy) is 3. The van der Waals surface area contributed by atoms with Gasteiger partial charge < -0.3 is 45.1 Å². The maximum absolute atomic E-state index is 13.5. The minimum Gasteiger partial charge on any atom is -0.454 e. The molecular formula is C82H143NO10. The number of esters is 1. The quantitative estimate of drug-likeness (QED) is 0.0195. The van der Waals surface area contributed by atoms with Gasteiger partial charge in [0.2, 0.25) is 5.91 Å². The Morgan fingerprint density at radius 3 is 1.18 bits per heavy atom. The van der Waals surface area contributed by atoms with Crippen molar-refractivity contribution >= 4 is 11.9 Å². The highest BCUT2D eigenvalue weighted by Gasteiger charge is 2.47. The molecule has 8 unspecified atom stereocenters. The van der Waals surface area contributed by atoms with Gasteiger partial charge in [0.1, 0.15) is 24.4 Å². The topological polar surface area (TPSA) is 175 Å². The predicted octanol–water partition coefficient (Wildman–Crippen LogP) is 20.7. The molecule has 0 aromatic heterocycles. The first kappa shape index (κ1) is 87.3. The number of amides is 1. The van der Waals surface area contributed by atoms with Crippen molar-refractivity contribution in [1.82, 2.24) is 5.32 Å². The van der Waals surface area contributed by atoms with Crippen molar-refractivity contribution in [3.05, 3.63) is 109 Å². The van der Waals surface area contributed by atoms with Crippen LogP contribution in [0.3, 0.4) is 0 Å². The largest absolute Gasteiger partial charge is 0.454 e. The third-order valence-electron chi connectivity index (χ3n) is 17.7. The predicted molar refractivity (Wildman–Crippen MR) is 393 cm³/mol. The Labute approximate surface area is 570 Å². The average Bonchev–Trinajstić information content (AvgIpc) is 0.974. The van der Waals surface area contributed by atoms with Crippen LogP contribution < -0.4 is 5.32 Å². The first-order valence-electron chi connectivity index (χ1n) is 38.7. The lowest BCUT2D eigenvalue weighted by Crippen LogP contribution is -2.61. The smallest absolute Gasteiger partial charge is 0.306 e. The molecular weight excluding hydrogens is 1160 g/mol. The molecule has 1 amide bonds. The monoisotopic (exact) mass is 1300 g/mol. The van der Waals surface area contributed by atoms with Crippen LogP contribution >= 0.6 is 0 Å². The third kappa shape index (κ3) is 55.1. The van der Waals surface area contributed by atoms with E-state index < -0.39 is 67.4 Å². The second kappa shape index (κ2) is 68.3. The number of aliphatic hydroxyl groups is 5. The van der Waals surface area contributed by atoms with Crippen LogP contribution in [0.25, 0.3) is 0 Å². The Bertz CT molecular complexity index is 1940. The molecule has 0 aromatic carbocycles. The summed E-state index contributed by atoms with van der Waals surface area (Å²) in [7, 11) is 0. The zero-order valence-electron chi connectivity index (χ0n) is 59.9. The summed E-state index contributed by atoms with van der Waals surface area (Å²) in [4.78, 5) is 26.7. The van der Waals surface area contributed by atoms with Gasteiger partial charge >= 0.3 is 5.97 Å². The number of unbranched alkanes of at least 4 members (excludes halogenated alkanes) is 36. The van der Waals surface area contributed by atoms with E-state index in [4.69, 9.17) is 14.2 Å². The number of hydrogen-bond acceptors (Lipinski definition) is 10. The average molecular weight is 1300 g/mol. The number of carbonyl (C=O) groups is 2. The molecule has 536 valence electrons. The van der Waals surface area contributed by atoms with Gasteiger partial charge in [-0.3, -0.25) is 9.59 Å². The number of carbonyl (C=O) groups excluding carboxylic acids is 2. The Hall–Kier alpha value is -3.68. The minimum absolute atomic E-state index is 0.120. The number of hydrogen-bond donors (Lipinski definition) is 6. The standard InChI is InChI=1S/C82H143NO10/c1-4-7-10-13-16-19-22-24-26-28-30-32-34-36-38-40-42-44-46-48-50-52-55-58-61-64-67-70-77(87)93-80-79(89)78(88)76(71-84)92-82(80)91-72-73(74(85)68-65-62-59-56-53-21-18-15-12-9-6-3)83-81(90)75(86)69-66-63-60-57-54-51-49-47-45-43-41-39-37-35-33-31-29-27-25-23-20-17-14-11-8-5-2/h8,11,16-17,19-20,24-27,31,33,37,39,43,45,65,68,73-76,78-80,82,84-86,88-89H,4-7,9-10,12-15,18,21-23,28-30,32,34-36,38,40-42,44,46-64,66-67,69-72H2,1-3H3,(H,83,90)/b11-8-,19-16-,20-17-,26-24-,27-25-,33-31-,39-37-,45-43-,68-65+. The van der Waals surface area contributed by atoms with Crippen LogP contribution in [0, 0.1) is 0 Å². The molecule has 1 heterocycles. The molecule has 0 bridgehead atoms. The first-order valence-corrected chi connectivity index (χ1v) is 38.7. The third-order valence-corrected chi connectivity index (χ3v) is 17.7. The molecule has 1 aliphatic heterocycles. The van der Waals surface area contributed by atoms with Crippen molar-refractivity contribution in [2.24, 2.45) is 0 Å². The molecule has 1 rings (SSSR count). The molecule has 11 heteroatoms. The Morgan fingerprint density at radius 1 is 0.430 bits per heavy atom. The van der Waals surface area contributed by atoms with Gasteiger partial charge in [0.25, 0.3) is 0 Å². The molecule has 0 spiro atoms. The normalized spacial score (nSPS) is 18.5. The summed E-state index contributed by atoms with van der Waals surface area (Å²) in [6.07, 6.45) is 84.2. The van der Waals surface area contributed by atoms with Gasteiger partial charge in [-0.2, -0.15) is 0 Å². The molecule has 93 heavy (non-hydrogen) atoms. The lowest BCUT2D eigenvalue weighted by Gasteiger charge is -2.41. The van der Waals surface area contributed by atoms with E-state index in [-0.39, 0.29) is 19.4 Å². The van der Waals surface area contributed by atoms with Crippen LogP contribution in [-0.4, -0.2) is 99.6 Å². The van der Waals surface area contributed by atoms with Gasteiger partial charge in [-0.25, -0.2) is 0 Å². The molecule has 0 saturated carbocycles. The molecule has 6 N–H and O–H groups in total. The number of allylic oxidation sites excluding steroid dienone is 17. The maximum atomic E-state index is 13.5. The van der Waals surface area contributed by atoms with Crippen LogP contribution in [0.5, 0.6) is 0 Å². The van der Waals surface area contributed by atoms with Crippen LogP contribution in [0.1, 0.15) is 335 Å². The number of aliphatic hydroxyl groups excluding tert-OH is 5. The molecule has 1 fully saturated rings. The molecule has 0 aromatic rings. The van der Waals surface area contributed by atoms with E-state index in [1.54, 1.807) is 6.08 Å². The highest BCUT2D eigenvalue weighted by Crippen LogP contribution is 2.26. The van der Waals surface area contributed by atoms with Crippen molar-refractivity contribution < 1.29 is 49.3 Å². The second-order valence-electron chi connectivity index (χ2n) is 26.4. The van der Waals surface area contributed by atoms with Crippen molar-refractivity contribution in [1.29, 1.82) is 0 Å². The van der Waals surface area contributed by atoms with E-state index in [9.17, 15) is 35.1 Å². The van der Waals surface area contributed by atoms with Crippen molar-refractivity contribution in [2.45, 2.75) is 384 Å². The highest BCUT2D eigenvalue weighted by molar-refractivity contribution is 5.80. The van der Waals surface area contributed by atoms with E-state index in [0.717, 1.165) is 122 Å². The van der Waals surface area contributed by atoms with Crippen LogP contribution in [0.15, 0.2) is 109 Å². The molecule has 0 radical (unpaired) electrons. The van der Waals surface area contributed by atoms with E-state index in [1.807, 2.05) is 6.08 Å². The number of rotatable bonds is 66. The summed E-state index contributed by atoms with van der Waals surface area (Å²) >= 11 is 0. The van der Waals surface area contributed by atoms with Crippen LogP contribution in [-0.2, 0) is 23.8 Å². The molecule has 1 saturated heterocycles. The van der Waals surface area contributed by atoms with Gasteiger partial charge in [-0.1, -0.05) is 329 Å². The summed E-state index contributed by atoms with van der Waals surface area (Å²) in [5, 5.41) is 57.3. The lowest BCUT2D eigenvalue weighted by atomic mass is 9.99. The fourth-order valence-corrected chi connectivity index (χ4v) is 11.6. The molecule has 8 atom stereocenters. The van der Waals surface area contributed by atoms with E-state index in [1.165, 1.54) is 167 Å². The fraction of sp³-hybridized carbons (Fsp3) is 0.756. The van der Waals surface area contributed by atoms with Crippen molar-refractivity contribution in [3.63, 3.8) is 0 Å². The molecule has 1 aliphatic rings. The van der Waals surface area contributed by atoms with E-state index >= 15 is 0 Å². The maximum Gasteiger partial charge on any atom is 0.306 e. The zero-order chi connectivity index (χ0) is 67.4. The van der Waals surface area contributed by atoms with Gasteiger partial charge in [0.15, 0.2) is 12.4 Å². The van der Waals surface area contributed by atoms with Gasteiger partial charge in [-0.15, -0.1) is 0 Å². The van der Waals surface area contributed by atoms with E-state index in [2.05, 4.69) is 123 Å². The Morgan fingerprint density at radius 2 is 0.774 bits per heavy atom. The van der Waals surface area contributed by atoms with Crippen LogP contribution in [0.4, 0.5) is 0 Å². The lowest BCUT2D eigenvalue weighted by molar-refractivity contribution is -0.305. The van der Waals surface area contributed by atoms with Gasteiger partial charge in [0, 0.05) is 6.42 Å². The zero-order valence-corrected chi connectivity index (χ0v) is 59.9. The first-order chi connectivity index (χ1) is 45.7. The summed E-state index contributed by atoms with van der Waals surface area (Å²) in [6.45, 7) is 5.68. The van der Waals surface area contributed by atoms with E-state index in [0.29, 0.717) is 12.8 Å². The van der Waals surface area contributed by atoms with Crippen LogP contribution in [0.2, 0.25) is 0 Å². The summed E-state index contributed by atoms with van der Waals surface area (Å²) < 4.78 is 17.7. The SMILES string of the molecule is CC/C=C\C/C=C\C/C=C\C/C=C\C/C=C\C/C=C\CCCCCCCCCC(O)C(=O)NC(COC1OC(CO)C(O)C(O)C1OC(=O)CCCCCCCCCCCCCCCCCCC/C=C\C/C=C\CCCCC)C(O)/C=C/CCCCCCCCCCC. The summed E-state index contributed by atoms with van der Waals surface area (Å²) in [5.74, 6) is -1.20. The van der Waals surface area contributed by atoms with Crippen molar-refractivity contribution in [2.75, 3.05) is 13.2 Å². The van der Waals surface area contributed by atoms with Gasteiger partial charge in [-0.05, 0) is 109 Å². The molecule has 11 nitrogen and oxygen atoms in total. The minimum atomic E-state index is -1.62. The fourth-order valence-electron chi connectivity index (χ4n) is 11.6. The highest BCUT2D eigenvalue weighted by atomic mass is 16.7. The summed E-state index contributed by atoms with van der Waals surface area (Å²) in [5.41, 5.74) is 0. The Kier molecular flexibility index (Phi) is 64.1. The van der Waals surface area contributed by atoms with Gasteiger partial charge in [0.05, 0.1) is 25.4 Å². The summed E-state index contributed by atoms with van der Waals surface area (Å²) in [6, 6.07) is -1.04. The number of nitrogens with one attached hydrogen (secondary N) is 1.